The van der Waals surface area contributed by atoms with Crippen LogP contribution >= 0.6 is 12.4 Å². The second-order valence-corrected chi connectivity index (χ2v) is 9.35. The van der Waals surface area contributed by atoms with Crippen LogP contribution in [0.1, 0.15) is 17.0 Å². The molecule has 11 heteroatoms. The summed E-state index contributed by atoms with van der Waals surface area (Å²) < 4.78 is 41.1. The van der Waals surface area contributed by atoms with Crippen LogP contribution in [0.3, 0.4) is 0 Å². The first-order valence-corrected chi connectivity index (χ1v) is 11.8. The Morgan fingerprint density at radius 1 is 1.06 bits per heavy atom. The first kappa shape index (κ1) is 25.9. The number of methoxy groups -OCH3 is 2. The maximum atomic E-state index is 13.1. The van der Waals surface area contributed by atoms with Crippen LogP contribution in [0, 0.1) is 5.41 Å². The van der Waals surface area contributed by atoms with Gasteiger partial charge in [-0.2, -0.15) is 0 Å². The summed E-state index contributed by atoms with van der Waals surface area (Å²) in [6, 6.07) is 17.2. The van der Waals surface area contributed by atoms with Crippen molar-refractivity contribution in [3.63, 3.8) is 0 Å². The van der Waals surface area contributed by atoms with Crippen molar-refractivity contribution in [1.29, 1.82) is 5.41 Å². The monoisotopic (exact) mass is 515 g/mol. The number of sulfonamides is 1. The lowest BCUT2D eigenvalue weighted by molar-refractivity contribution is 0.392. The summed E-state index contributed by atoms with van der Waals surface area (Å²) in [5, 5.41) is 7.51. The maximum absolute atomic E-state index is 13.1. The molecule has 0 saturated heterocycles. The number of nitrogen functional groups attached to an aromatic ring is 1. The van der Waals surface area contributed by atoms with Gasteiger partial charge in [0, 0.05) is 25.1 Å². The van der Waals surface area contributed by atoms with Gasteiger partial charge in [-0.15, -0.1) is 12.4 Å². The van der Waals surface area contributed by atoms with Gasteiger partial charge in [-0.3, -0.25) is 10.1 Å². The zero-order valence-electron chi connectivity index (χ0n) is 19.4. The maximum Gasteiger partial charge on any atom is 0.265 e. The SMILES string of the molecule is COc1ccc(OC)c(S(=O)(=O)Nc2ccc3c(c2)nc(Cc2ccc(C(=N)N)cc2)n3C)c1.Cl. The molecule has 0 atom stereocenters. The minimum Gasteiger partial charge on any atom is -0.497 e. The number of anilines is 1. The van der Waals surface area contributed by atoms with E-state index in [0.29, 0.717) is 28.9 Å². The number of rotatable bonds is 8. The van der Waals surface area contributed by atoms with Gasteiger partial charge in [0.15, 0.2) is 0 Å². The molecular weight excluding hydrogens is 490 g/mol. The van der Waals surface area contributed by atoms with Crippen LogP contribution in [-0.2, 0) is 23.5 Å². The van der Waals surface area contributed by atoms with Crippen LogP contribution in [-0.4, -0.2) is 38.0 Å². The van der Waals surface area contributed by atoms with Crippen LogP contribution in [0.25, 0.3) is 11.0 Å². The number of benzene rings is 3. The minimum absolute atomic E-state index is 0. The van der Waals surface area contributed by atoms with Gasteiger partial charge in [0.1, 0.15) is 28.1 Å². The van der Waals surface area contributed by atoms with Crippen LogP contribution < -0.4 is 19.9 Å². The highest BCUT2D eigenvalue weighted by Gasteiger charge is 2.21. The molecule has 4 aromatic rings. The summed E-state index contributed by atoms with van der Waals surface area (Å²) >= 11 is 0. The van der Waals surface area contributed by atoms with Gasteiger partial charge in [-0.25, -0.2) is 13.4 Å². The van der Waals surface area contributed by atoms with Crippen molar-refractivity contribution < 1.29 is 17.9 Å². The zero-order valence-corrected chi connectivity index (χ0v) is 21.0. The van der Waals surface area contributed by atoms with E-state index in [1.54, 1.807) is 36.4 Å². The molecule has 0 aliphatic heterocycles. The number of aromatic nitrogens is 2. The molecule has 184 valence electrons. The largest absolute Gasteiger partial charge is 0.497 e. The molecule has 3 aromatic carbocycles. The summed E-state index contributed by atoms with van der Waals surface area (Å²) in [6.07, 6.45) is 0.575. The van der Waals surface area contributed by atoms with E-state index in [9.17, 15) is 8.42 Å². The Morgan fingerprint density at radius 3 is 2.40 bits per heavy atom. The molecule has 0 aliphatic rings. The predicted molar refractivity (Wildman–Crippen MR) is 139 cm³/mol. The fourth-order valence-corrected chi connectivity index (χ4v) is 4.89. The molecule has 0 saturated carbocycles. The first-order chi connectivity index (χ1) is 16.2. The van der Waals surface area contributed by atoms with Crippen molar-refractivity contribution >= 4 is 45.0 Å². The number of aryl methyl sites for hydroxylation is 1. The molecule has 0 radical (unpaired) electrons. The molecule has 35 heavy (non-hydrogen) atoms. The number of hydrogen-bond acceptors (Lipinski definition) is 6. The molecule has 4 N–H and O–H groups in total. The number of amidine groups is 1. The predicted octanol–water partition coefficient (Wildman–Crippen LogP) is 3.69. The Labute approximate surface area is 209 Å². The number of nitrogens with two attached hydrogens (primary N) is 1. The molecular formula is C24H26ClN5O4S. The Kier molecular flexibility index (Phi) is 7.57. The van der Waals surface area contributed by atoms with E-state index in [2.05, 4.69) is 4.72 Å². The Hall–Kier alpha value is -3.76. The number of nitrogens with one attached hydrogen (secondary N) is 2. The number of halogens is 1. The van der Waals surface area contributed by atoms with Crippen molar-refractivity contribution in [3.05, 3.63) is 77.6 Å². The van der Waals surface area contributed by atoms with Gasteiger partial charge in [-0.05, 0) is 35.9 Å². The Bertz CT molecular complexity index is 1480. The fraction of sp³-hybridized carbons (Fsp3) is 0.167. The highest BCUT2D eigenvalue weighted by molar-refractivity contribution is 7.92. The second-order valence-electron chi connectivity index (χ2n) is 7.70. The van der Waals surface area contributed by atoms with Crippen molar-refractivity contribution in [3.8, 4) is 11.5 Å². The Balaban J connectivity index is 0.00000342. The standard InChI is InChI=1S/C24H25N5O4S.ClH/c1-29-20-10-8-17(28-34(30,31)22-14-18(32-2)9-11-21(22)33-3)13-19(20)27-23(29)12-15-4-6-16(7-5-15)24(25)26;/h4-11,13-14,28H,12H2,1-3H3,(H3,25,26);1H. The first-order valence-electron chi connectivity index (χ1n) is 10.4. The second kappa shape index (κ2) is 10.2. The fourth-order valence-electron chi connectivity index (χ4n) is 3.66. The molecule has 0 fully saturated rings. The average molecular weight is 516 g/mol. The third-order valence-electron chi connectivity index (χ3n) is 5.51. The van der Waals surface area contributed by atoms with Gasteiger partial charge in [0.25, 0.3) is 10.0 Å². The number of ether oxygens (including phenoxy) is 2. The average Bonchev–Trinajstić information content (AvgIpc) is 3.13. The highest BCUT2D eigenvalue weighted by Crippen LogP contribution is 2.30. The van der Waals surface area contributed by atoms with Crippen molar-refractivity contribution in [1.82, 2.24) is 9.55 Å². The van der Waals surface area contributed by atoms with Crippen molar-refractivity contribution in [2.75, 3.05) is 18.9 Å². The van der Waals surface area contributed by atoms with E-state index in [-0.39, 0.29) is 28.9 Å². The van der Waals surface area contributed by atoms with E-state index in [4.69, 9.17) is 25.6 Å². The number of nitrogens with zero attached hydrogens (tertiary/aromatic N) is 2. The molecule has 0 unspecified atom stereocenters. The van der Waals surface area contributed by atoms with Gasteiger partial charge in [-0.1, -0.05) is 24.3 Å². The van der Waals surface area contributed by atoms with E-state index in [1.807, 2.05) is 29.8 Å². The quantitative estimate of drug-likeness (QED) is 0.242. The molecule has 0 aliphatic carbocycles. The molecule has 9 nitrogen and oxygen atoms in total. The van der Waals surface area contributed by atoms with E-state index in [1.165, 1.54) is 20.3 Å². The van der Waals surface area contributed by atoms with E-state index >= 15 is 0 Å². The highest BCUT2D eigenvalue weighted by atomic mass is 35.5. The molecule has 1 heterocycles. The number of imidazole rings is 1. The summed E-state index contributed by atoms with van der Waals surface area (Å²) in [7, 11) is 0.860. The Morgan fingerprint density at radius 2 is 1.77 bits per heavy atom. The smallest absolute Gasteiger partial charge is 0.265 e. The molecule has 0 spiro atoms. The van der Waals surface area contributed by atoms with E-state index < -0.39 is 10.0 Å². The zero-order chi connectivity index (χ0) is 24.5. The molecule has 0 bridgehead atoms. The molecule has 1 aromatic heterocycles. The minimum atomic E-state index is -3.94. The van der Waals surface area contributed by atoms with Crippen molar-refractivity contribution in [2.45, 2.75) is 11.3 Å². The van der Waals surface area contributed by atoms with E-state index in [0.717, 1.165) is 16.9 Å². The summed E-state index contributed by atoms with van der Waals surface area (Å²) in [4.78, 5) is 4.68. The van der Waals surface area contributed by atoms with Gasteiger partial charge >= 0.3 is 0 Å². The molecule has 4 rings (SSSR count). The number of hydrogen-bond donors (Lipinski definition) is 3. The summed E-state index contributed by atoms with van der Waals surface area (Å²) in [5.74, 6) is 1.46. The van der Waals surface area contributed by atoms with Crippen LogP contribution in [0.2, 0.25) is 0 Å². The topological polar surface area (TPSA) is 132 Å². The lowest BCUT2D eigenvalue weighted by atomic mass is 10.1. The summed E-state index contributed by atoms with van der Waals surface area (Å²) in [6.45, 7) is 0. The number of fused-ring (bicyclic) bond motifs is 1. The van der Waals surface area contributed by atoms with Gasteiger partial charge in [0.2, 0.25) is 0 Å². The molecule has 0 amide bonds. The van der Waals surface area contributed by atoms with Gasteiger partial charge in [0.05, 0.1) is 30.9 Å². The van der Waals surface area contributed by atoms with Gasteiger partial charge < -0.3 is 19.8 Å². The lowest BCUT2D eigenvalue weighted by Gasteiger charge is -2.13. The van der Waals surface area contributed by atoms with Crippen LogP contribution in [0.4, 0.5) is 5.69 Å². The lowest BCUT2D eigenvalue weighted by Crippen LogP contribution is -2.14. The third-order valence-corrected chi connectivity index (χ3v) is 6.92. The van der Waals surface area contributed by atoms with Crippen LogP contribution in [0.15, 0.2) is 65.6 Å². The van der Waals surface area contributed by atoms with Crippen LogP contribution in [0.5, 0.6) is 11.5 Å². The normalized spacial score (nSPS) is 11.1. The third kappa shape index (κ3) is 5.33. The summed E-state index contributed by atoms with van der Waals surface area (Å²) in [5.41, 5.74) is 9.13. The van der Waals surface area contributed by atoms with Crippen molar-refractivity contribution in [2.24, 2.45) is 12.8 Å².